The van der Waals surface area contributed by atoms with Crippen LogP contribution in [0.2, 0.25) is 0 Å². The fourth-order valence-electron chi connectivity index (χ4n) is 5.30. The number of pyridine rings is 2. The molecule has 6 nitrogen and oxygen atoms in total. The molecule has 35 heavy (non-hydrogen) atoms. The summed E-state index contributed by atoms with van der Waals surface area (Å²) in [6.45, 7) is 2.47. The van der Waals surface area contributed by atoms with Crippen LogP contribution in [0.15, 0.2) is 35.3 Å². The molecule has 1 saturated carbocycles. The van der Waals surface area contributed by atoms with E-state index in [0.717, 1.165) is 26.2 Å². The SMILES string of the molecule is COc1c(C2C(c3cc(=O)c4c(C(N)=O)nccc4[nH]3)C[C@@](C)(C(F)(F)F)[C@H]2C)ccc(F)c1F. The van der Waals surface area contributed by atoms with Crippen molar-refractivity contribution in [3.63, 3.8) is 0 Å². The maximum absolute atomic E-state index is 14.6. The number of alkyl halides is 3. The second-order valence-electron chi connectivity index (χ2n) is 9.06. The van der Waals surface area contributed by atoms with Gasteiger partial charge < -0.3 is 15.5 Å². The first-order valence-electron chi connectivity index (χ1n) is 10.7. The first kappa shape index (κ1) is 24.6. The Bertz CT molecular complexity index is 1390. The number of rotatable bonds is 4. The number of amides is 1. The lowest BCUT2D eigenvalue weighted by Gasteiger charge is -2.34. The molecule has 2 aromatic heterocycles. The van der Waals surface area contributed by atoms with Gasteiger partial charge in [0.1, 0.15) is 5.69 Å². The van der Waals surface area contributed by atoms with Crippen LogP contribution in [0.4, 0.5) is 22.0 Å². The molecule has 0 bridgehead atoms. The van der Waals surface area contributed by atoms with Crippen LogP contribution in [0.5, 0.6) is 5.75 Å². The number of carbonyl (C=O) groups excluding carboxylic acids is 1. The summed E-state index contributed by atoms with van der Waals surface area (Å²) in [5, 5.41) is -0.0877. The van der Waals surface area contributed by atoms with Crippen molar-refractivity contribution in [2.24, 2.45) is 17.1 Å². The molecule has 4 atom stereocenters. The predicted octanol–water partition coefficient (Wildman–Crippen LogP) is 4.78. The Morgan fingerprint density at radius 1 is 1.26 bits per heavy atom. The van der Waals surface area contributed by atoms with Crippen LogP contribution in [0, 0.1) is 23.0 Å². The average Bonchev–Trinajstić information content (AvgIpc) is 3.06. The molecular weight excluding hydrogens is 473 g/mol. The van der Waals surface area contributed by atoms with E-state index >= 15 is 0 Å². The summed E-state index contributed by atoms with van der Waals surface area (Å²) < 4.78 is 76.4. The summed E-state index contributed by atoms with van der Waals surface area (Å²) in [6, 6.07) is 4.56. The number of aromatic amines is 1. The topological polar surface area (TPSA) is 98.1 Å². The van der Waals surface area contributed by atoms with Crippen molar-refractivity contribution in [3.8, 4) is 5.75 Å². The van der Waals surface area contributed by atoms with Crippen molar-refractivity contribution in [2.75, 3.05) is 7.11 Å². The van der Waals surface area contributed by atoms with E-state index in [9.17, 15) is 31.5 Å². The van der Waals surface area contributed by atoms with Gasteiger partial charge in [-0.25, -0.2) is 4.39 Å². The quantitative estimate of drug-likeness (QED) is 0.509. The number of hydrogen-bond donors (Lipinski definition) is 2. The first-order chi connectivity index (χ1) is 16.3. The van der Waals surface area contributed by atoms with E-state index in [1.165, 1.54) is 25.3 Å². The smallest absolute Gasteiger partial charge is 0.394 e. The number of methoxy groups -OCH3 is 1. The van der Waals surface area contributed by atoms with Gasteiger partial charge in [-0.15, -0.1) is 0 Å². The van der Waals surface area contributed by atoms with Gasteiger partial charge in [0.25, 0.3) is 5.91 Å². The zero-order valence-corrected chi connectivity index (χ0v) is 19.0. The normalized spacial score (nSPS) is 24.6. The predicted molar refractivity (Wildman–Crippen MR) is 117 cm³/mol. The summed E-state index contributed by atoms with van der Waals surface area (Å²) in [5.41, 5.74) is 2.56. The number of aromatic nitrogens is 2. The lowest BCUT2D eigenvalue weighted by Crippen LogP contribution is -2.38. The first-order valence-corrected chi connectivity index (χ1v) is 10.7. The molecule has 0 aliphatic heterocycles. The molecule has 2 unspecified atom stereocenters. The zero-order chi connectivity index (χ0) is 25.9. The molecule has 186 valence electrons. The van der Waals surface area contributed by atoms with E-state index in [1.807, 2.05) is 0 Å². The molecule has 1 aliphatic rings. The third kappa shape index (κ3) is 3.73. The van der Waals surface area contributed by atoms with Gasteiger partial charge >= 0.3 is 6.18 Å². The second kappa shape index (κ2) is 8.31. The molecular formula is C24H22F5N3O3. The minimum atomic E-state index is -4.62. The highest BCUT2D eigenvalue weighted by Gasteiger charge is 2.63. The molecule has 4 rings (SSSR count). The molecule has 2 heterocycles. The van der Waals surface area contributed by atoms with Crippen molar-refractivity contribution in [2.45, 2.75) is 38.3 Å². The van der Waals surface area contributed by atoms with Crippen LogP contribution in [0.3, 0.4) is 0 Å². The lowest BCUT2D eigenvalue weighted by molar-refractivity contribution is -0.229. The molecule has 3 N–H and O–H groups in total. The summed E-state index contributed by atoms with van der Waals surface area (Å²) in [6.07, 6.45) is -3.81. The highest BCUT2D eigenvalue weighted by Crippen LogP contribution is 2.64. The van der Waals surface area contributed by atoms with Crippen LogP contribution in [0.25, 0.3) is 10.9 Å². The second-order valence-corrected chi connectivity index (χ2v) is 9.06. The zero-order valence-electron chi connectivity index (χ0n) is 19.0. The number of benzene rings is 1. The van der Waals surface area contributed by atoms with E-state index in [-0.39, 0.29) is 27.9 Å². The molecule has 11 heteroatoms. The summed E-state index contributed by atoms with van der Waals surface area (Å²) in [7, 11) is 1.11. The number of nitrogens with two attached hydrogens (primary N) is 1. The number of ether oxygens (including phenoxy) is 1. The Morgan fingerprint density at radius 2 is 1.94 bits per heavy atom. The highest BCUT2D eigenvalue weighted by molar-refractivity contribution is 6.03. The molecule has 1 aromatic carbocycles. The molecule has 1 aliphatic carbocycles. The van der Waals surface area contributed by atoms with Gasteiger partial charge in [-0.2, -0.15) is 17.6 Å². The maximum Gasteiger partial charge on any atom is 0.394 e. The van der Waals surface area contributed by atoms with E-state index in [1.54, 1.807) is 0 Å². The Kier molecular flexibility index (Phi) is 5.85. The number of fused-ring (bicyclic) bond motifs is 1. The maximum atomic E-state index is 14.6. The third-order valence-corrected chi connectivity index (χ3v) is 7.31. The van der Waals surface area contributed by atoms with Gasteiger partial charge in [0.15, 0.2) is 17.0 Å². The van der Waals surface area contributed by atoms with Gasteiger partial charge in [0.05, 0.1) is 23.4 Å². The van der Waals surface area contributed by atoms with Crippen molar-refractivity contribution in [1.82, 2.24) is 9.97 Å². The van der Waals surface area contributed by atoms with E-state index in [4.69, 9.17) is 10.5 Å². The summed E-state index contributed by atoms with van der Waals surface area (Å²) in [4.78, 5) is 31.5. The average molecular weight is 495 g/mol. The number of nitrogens with zero attached hydrogens (tertiary/aromatic N) is 1. The van der Waals surface area contributed by atoms with Gasteiger partial charge in [-0.1, -0.05) is 19.9 Å². The van der Waals surface area contributed by atoms with Crippen LogP contribution in [-0.2, 0) is 0 Å². The standard InChI is InChI=1S/C24H22F5N3O3/c1-10-17(11-4-5-13(25)19(26)21(11)35-3)12(9-23(10,2)24(27,28)29)15-8-16(33)18-14(32-15)6-7-31-20(18)22(30)34/h4-8,10,12,17H,9H2,1-3H3,(H2,30,34)(H,32,33)/t10-,12?,17?,23+/m0/s1. The van der Waals surface area contributed by atoms with E-state index in [2.05, 4.69) is 9.97 Å². The van der Waals surface area contributed by atoms with E-state index < -0.39 is 64.5 Å². The van der Waals surface area contributed by atoms with Crippen molar-refractivity contribution < 1.29 is 31.5 Å². The van der Waals surface area contributed by atoms with Crippen molar-refractivity contribution >= 4 is 16.8 Å². The van der Waals surface area contributed by atoms with Crippen LogP contribution >= 0.6 is 0 Å². The van der Waals surface area contributed by atoms with Crippen molar-refractivity contribution in [3.05, 3.63) is 69.3 Å². The third-order valence-electron chi connectivity index (χ3n) is 7.31. The molecule has 1 fully saturated rings. The number of carbonyl (C=O) groups is 1. The number of hydrogen-bond acceptors (Lipinski definition) is 4. The number of H-pyrrole nitrogens is 1. The number of primary amides is 1. The molecule has 0 spiro atoms. The van der Waals surface area contributed by atoms with Gasteiger partial charge in [0, 0.05) is 29.4 Å². The van der Waals surface area contributed by atoms with Crippen LogP contribution in [0.1, 0.15) is 53.8 Å². The van der Waals surface area contributed by atoms with Crippen LogP contribution < -0.4 is 15.9 Å². The number of nitrogens with one attached hydrogen (secondary N) is 1. The van der Waals surface area contributed by atoms with Gasteiger partial charge in [-0.3, -0.25) is 14.6 Å². The molecule has 0 radical (unpaired) electrons. The highest BCUT2D eigenvalue weighted by atomic mass is 19.4. The molecule has 1 amide bonds. The minimum Gasteiger partial charge on any atom is -0.493 e. The van der Waals surface area contributed by atoms with Gasteiger partial charge in [0.2, 0.25) is 5.82 Å². The fourth-order valence-corrected chi connectivity index (χ4v) is 5.30. The lowest BCUT2D eigenvalue weighted by atomic mass is 9.75. The van der Waals surface area contributed by atoms with Gasteiger partial charge in [-0.05, 0) is 30.4 Å². The Balaban J connectivity index is 1.98. The Labute approximate surface area is 196 Å². The monoisotopic (exact) mass is 495 g/mol. The number of halogens is 5. The summed E-state index contributed by atoms with van der Waals surface area (Å²) in [5.74, 6) is -6.95. The Morgan fingerprint density at radius 3 is 2.54 bits per heavy atom. The largest absolute Gasteiger partial charge is 0.493 e. The molecule has 3 aromatic rings. The summed E-state index contributed by atoms with van der Waals surface area (Å²) >= 11 is 0. The fraction of sp³-hybridized carbons (Fsp3) is 0.375. The molecule has 0 saturated heterocycles. The minimum absolute atomic E-state index is 0.0605. The van der Waals surface area contributed by atoms with E-state index in [0.29, 0.717) is 0 Å². The van der Waals surface area contributed by atoms with Crippen LogP contribution in [-0.4, -0.2) is 29.2 Å². The Hall–Kier alpha value is -3.50. The van der Waals surface area contributed by atoms with Crippen molar-refractivity contribution in [1.29, 1.82) is 0 Å².